The van der Waals surface area contributed by atoms with Crippen LogP contribution in [0.1, 0.15) is 83.6 Å². The van der Waals surface area contributed by atoms with Gasteiger partial charge in [-0.1, -0.05) is 38.0 Å². The van der Waals surface area contributed by atoms with Crippen molar-refractivity contribution in [1.82, 2.24) is 30.7 Å². The van der Waals surface area contributed by atoms with E-state index in [0.717, 1.165) is 12.8 Å². The molecule has 15 nitrogen and oxygen atoms in total. The first-order valence-electron chi connectivity index (χ1n) is 19.0. The van der Waals surface area contributed by atoms with Gasteiger partial charge in [0.05, 0.1) is 0 Å². The van der Waals surface area contributed by atoms with E-state index in [9.17, 15) is 33.6 Å². The summed E-state index contributed by atoms with van der Waals surface area (Å²) in [5.41, 5.74) is 7.14. The first kappa shape index (κ1) is 39.3. The van der Waals surface area contributed by atoms with Crippen LogP contribution in [0.15, 0.2) is 36.4 Å². The van der Waals surface area contributed by atoms with Crippen LogP contribution < -0.4 is 21.7 Å². The van der Waals surface area contributed by atoms with Crippen LogP contribution in [-0.2, 0) is 44.7 Å². The van der Waals surface area contributed by atoms with Crippen molar-refractivity contribution < 1.29 is 38.3 Å². The summed E-state index contributed by atoms with van der Waals surface area (Å²) >= 11 is 0. The molecule has 0 aromatic heterocycles. The zero-order valence-electron chi connectivity index (χ0n) is 30.7. The number of benzene rings is 1. The fourth-order valence-electron chi connectivity index (χ4n) is 7.65. The largest absolute Gasteiger partial charge is 0.461 e. The quantitative estimate of drug-likeness (QED) is 0.123. The Bertz CT molecular complexity index is 1580. The zero-order chi connectivity index (χ0) is 38.1. The Hall–Kier alpha value is -4.95. The molecular weight excluding hydrogens is 682 g/mol. The summed E-state index contributed by atoms with van der Waals surface area (Å²) in [7, 11) is 0. The van der Waals surface area contributed by atoms with E-state index in [-0.39, 0.29) is 25.4 Å². The normalized spacial score (nSPS) is 26.4. The number of carbonyl (C=O) groups excluding carboxylic acids is 7. The topological polar surface area (TPSA) is 201 Å². The summed E-state index contributed by atoms with van der Waals surface area (Å²) in [5.74, 6) is -3.87. The third-order valence-corrected chi connectivity index (χ3v) is 10.5. The van der Waals surface area contributed by atoms with Crippen LogP contribution in [0.3, 0.4) is 0 Å². The molecule has 53 heavy (non-hydrogen) atoms. The molecule has 0 bridgehead atoms. The van der Waals surface area contributed by atoms with E-state index in [1.165, 1.54) is 20.8 Å². The number of nitrogens with zero attached hydrogens (tertiary/aromatic N) is 3. The molecule has 15 heteroatoms. The molecule has 5 N–H and O–H groups in total. The number of amides is 6. The van der Waals surface area contributed by atoms with Gasteiger partial charge in [0.2, 0.25) is 35.4 Å². The van der Waals surface area contributed by atoms with Crippen LogP contribution in [0.4, 0.5) is 5.69 Å². The lowest BCUT2D eigenvalue weighted by Gasteiger charge is -2.39. The van der Waals surface area contributed by atoms with Crippen LogP contribution in [0.2, 0.25) is 0 Å². The number of rotatable bonds is 9. The number of nitrogens with two attached hydrogens (primary N) is 1. The average molecular weight is 736 g/mol. The van der Waals surface area contributed by atoms with Gasteiger partial charge in [-0.3, -0.25) is 28.8 Å². The number of cyclic esters (lactones) is 1. The predicted octanol–water partition coefficient (Wildman–Crippen LogP) is 0.952. The molecule has 6 atom stereocenters. The minimum absolute atomic E-state index is 0.0483. The third-order valence-electron chi connectivity index (χ3n) is 10.5. The van der Waals surface area contributed by atoms with Crippen LogP contribution in [0.5, 0.6) is 0 Å². The number of unbranched alkanes of at least 4 members (excludes halogenated alkanes) is 2. The molecule has 1 aromatic rings. The van der Waals surface area contributed by atoms with Crippen LogP contribution in [-0.4, -0.2) is 119 Å². The second kappa shape index (κ2) is 18.2. The molecule has 6 amide bonds. The number of anilines is 1. The first-order valence-corrected chi connectivity index (χ1v) is 19.0. The van der Waals surface area contributed by atoms with Gasteiger partial charge in [-0.2, -0.15) is 0 Å². The Morgan fingerprint density at radius 2 is 1.60 bits per heavy atom. The minimum Gasteiger partial charge on any atom is -0.461 e. The number of piperidine rings is 1. The lowest BCUT2D eigenvalue weighted by Crippen LogP contribution is -2.62. The maximum atomic E-state index is 14.4. The van der Waals surface area contributed by atoms with Gasteiger partial charge in [-0.05, 0) is 82.1 Å². The van der Waals surface area contributed by atoms with Crippen molar-refractivity contribution in [2.45, 2.75) is 121 Å². The number of carbonyl (C=O) groups is 7. The second-order valence-electron chi connectivity index (χ2n) is 14.4. The van der Waals surface area contributed by atoms with Gasteiger partial charge < -0.3 is 41.1 Å². The lowest BCUT2D eigenvalue weighted by atomic mass is 9.99. The Morgan fingerprint density at radius 1 is 0.925 bits per heavy atom. The van der Waals surface area contributed by atoms with Crippen molar-refractivity contribution in [3.63, 3.8) is 0 Å². The molecule has 0 unspecified atom stereocenters. The fourth-order valence-corrected chi connectivity index (χ4v) is 7.65. The highest BCUT2D eigenvalue weighted by Gasteiger charge is 2.45. The molecule has 0 saturated carbocycles. The van der Waals surface area contributed by atoms with Gasteiger partial charge in [-0.15, -0.1) is 0 Å². The van der Waals surface area contributed by atoms with E-state index in [0.29, 0.717) is 69.2 Å². The summed E-state index contributed by atoms with van der Waals surface area (Å²) in [6.45, 7) is 3.85. The fraction of sp³-hybridized carbons (Fsp3) is 0.605. The van der Waals surface area contributed by atoms with Gasteiger partial charge in [0.1, 0.15) is 42.9 Å². The van der Waals surface area contributed by atoms with E-state index in [1.807, 2.05) is 6.92 Å². The smallest absolute Gasteiger partial charge is 0.328 e. The highest BCUT2D eigenvalue weighted by atomic mass is 16.5. The summed E-state index contributed by atoms with van der Waals surface area (Å²) in [5, 5.41) is 8.24. The number of fused-ring (bicyclic) bond motifs is 3. The molecule has 0 radical (unpaired) electrons. The molecule has 4 heterocycles. The number of hydrogen-bond donors (Lipinski definition) is 4. The standard InChI is InChI=1S/C38H53N7O8/c1-3-4-5-6-17-32(46)41-27(22-25-12-9-13-26(39)21-25)33(47)42-28-23-53-38(52)31-16-11-20-45(31)35(49)24(2)40-34(48)29-14-7-8-18-43(29)37(51)30-15-10-19-44(30)36(28)50/h6,9,12-13,17,21,24,27-31H,3-5,7-8,10-11,14-16,18-20,22-23,39H2,1-2H3,(H,40,48)(H,41,46)(H,42,47)/b17-6+/t24-,27-,28-,29-,30-,31-/m0/s1. The monoisotopic (exact) mass is 735 g/mol. The molecule has 4 fully saturated rings. The maximum absolute atomic E-state index is 14.4. The molecule has 4 aliphatic rings. The van der Waals surface area contributed by atoms with Crippen molar-refractivity contribution in [3.05, 3.63) is 42.0 Å². The number of hydrogen-bond acceptors (Lipinski definition) is 9. The Morgan fingerprint density at radius 3 is 2.34 bits per heavy atom. The molecule has 288 valence electrons. The average Bonchev–Trinajstić information content (AvgIpc) is 3.84. The Kier molecular flexibility index (Phi) is 13.5. The van der Waals surface area contributed by atoms with Crippen LogP contribution >= 0.6 is 0 Å². The van der Waals surface area contributed by atoms with Gasteiger partial charge in [-0.25, -0.2) is 4.79 Å². The number of nitrogens with one attached hydrogen (secondary N) is 3. The Labute approximate surface area is 310 Å². The van der Waals surface area contributed by atoms with Crippen molar-refractivity contribution in [2.24, 2.45) is 0 Å². The molecule has 0 aliphatic carbocycles. The predicted molar refractivity (Wildman–Crippen MR) is 194 cm³/mol. The molecular formula is C38H53N7O8. The second-order valence-corrected chi connectivity index (χ2v) is 14.4. The van der Waals surface area contributed by atoms with E-state index < -0.39 is 78.4 Å². The van der Waals surface area contributed by atoms with E-state index >= 15 is 0 Å². The van der Waals surface area contributed by atoms with E-state index in [1.54, 1.807) is 37.3 Å². The number of nitrogen functional groups attached to an aromatic ring is 1. The summed E-state index contributed by atoms with van der Waals surface area (Å²) in [6.07, 6.45) is 9.23. The molecule has 1 aromatic carbocycles. The van der Waals surface area contributed by atoms with Crippen molar-refractivity contribution in [3.8, 4) is 0 Å². The van der Waals surface area contributed by atoms with Gasteiger partial charge in [0, 0.05) is 31.7 Å². The van der Waals surface area contributed by atoms with E-state index in [4.69, 9.17) is 10.5 Å². The Balaban J connectivity index is 1.45. The molecule has 4 aliphatic heterocycles. The summed E-state index contributed by atoms with van der Waals surface area (Å²) in [4.78, 5) is 101. The minimum atomic E-state index is -1.42. The van der Waals surface area contributed by atoms with Crippen molar-refractivity contribution in [2.75, 3.05) is 32.0 Å². The summed E-state index contributed by atoms with van der Waals surface area (Å²) < 4.78 is 5.68. The third kappa shape index (κ3) is 9.73. The highest BCUT2D eigenvalue weighted by molar-refractivity contribution is 5.98. The van der Waals surface area contributed by atoms with Crippen molar-refractivity contribution in [1.29, 1.82) is 0 Å². The summed E-state index contributed by atoms with van der Waals surface area (Å²) in [6, 6.07) is 0.710. The molecule has 4 saturated heterocycles. The first-order chi connectivity index (χ1) is 25.5. The number of esters is 1. The van der Waals surface area contributed by atoms with Gasteiger partial charge in [0.15, 0.2) is 0 Å². The van der Waals surface area contributed by atoms with Crippen LogP contribution in [0, 0.1) is 0 Å². The SMILES string of the molecule is CCCC/C=C/C(=O)N[C@@H](Cc1cccc(N)c1)C(=O)N[C@H]1COC(=O)[C@@H]2CCCN2C(=O)[C@H](C)NC(=O)[C@@H]2CCCCN2C(=O)[C@@H]2CCCN2C1=O. The van der Waals surface area contributed by atoms with Gasteiger partial charge in [0.25, 0.3) is 0 Å². The zero-order valence-corrected chi connectivity index (χ0v) is 30.7. The molecule has 0 spiro atoms. The van der Waals surface area contributed by atoms with Crippen LogP contribution in [0.25, 0.3) is 0 Å². The maximum Gasteiger partial charge on any atom is 0.328 e. The molecule has 5 rings (SSSR count). The lowest BCUT2D eigenvalue weighted by molar-refractivity contribution is -0.158. The van der Waals surface area contributed by atoms with Crippen molar-refractivity contribution >= 4 is 47.1 Å². The number of allylic oxidation sites excluding steroid dienone is 1. The number of ether oxygens (including phenoxy) is 1. The van der Waals surface area contributed by atoms with Gasteiger partial charge >= 0.3 is 5.97 Å². The van der Waals surface area contributed by atoms with E-state index in [2.05, 4.69) is 16.0 Å². The highest BCUT2D eigenvalue weighted by Crippen LogP contribution is 2.26.